The molecule has 1 N–H and O–H groups in total. The van der Waals surface area contributed by atoms with Gasteiger partial charge in [-0.25, -0.2) is 0 Å². The molecular weight excluding hydrogens is 252 g/mol. The van der Waals surface area contributed by atoms with Gasteiger partial charge in [-0.3, -0.25) is 4.79 Å². The number of carboxylic acids is 1. The predicted octanol–water partition coefficient (Wildman–Crippen LogP) is 3.27. The smallest absolute Gasteiger partial charge is 0.305 e. The fourth-order valence-electron chi connectivity index (χ4n) is 2.03. The molecule has 0 aromatic heterocycles. The molecule has 0 unspecified atom stereocenters. The van der Waals surface area contributed by atoms with Crippen molar-refractivity contribution in [3.05, 3.63) is 71.3 Å². The largest absolute Gasteiger partial charge is 0.481 e. The monoisotopic (exact) mass is 270 g/mol. The summed E-state index contributed by atoms with van der Waals surface area (Å²) >= 11 is 0. The maximum Gasteiger partial charge on any atom is 0.305 e. The van der Waals surface area contributed by atoms with E-state index in [1.165, 1.54) is 11.1 Å². The number of carbonyl (C=O) groups is 1. The molecule has 0 amide bonds. The molecule has 2 rings (SSSR count). The molecule has 2 aromatic carbocycles. The third-order valence-corrected chi connectivity index (χ3v) is 3.07. The highest BCUT2D eigenvalue weighted by atomic mass is 16.5. The summed E-state index contributed by atoms with van der Waals surface area (Å²) in [5.74, 6) is -0.831. The molecule has 0 saturated carbocycles. The van der Waals surface area contributed by atoms with Crippen molar-refractivity contribution >= 4 is 5.97 Å². The minimum atomic E-state index is -0.831. The van der Waals surface area contributed by atoms with Crippen molar-refractivity contribution < 1.29 is 14.6 Å². The van der Waals surface area contributed by atoms with Gasteiger partial charge in [-0.2, -0.15) is 0 Å². The van der Waals surface area contributed by atoms with Gasteiger partial charge in [0, 0.05) is 0 Å². The average Bonchev–Trinajstić information content (AvgIpc) is 2.46. The molecule has 0 fully saturated rings. The van der Waals surface area contributed by atoms with Crippen molar-refractivity contribution in [3.63, 3.8) is 0 Å². The molecule has 0 aliphatic carbocycles. The van der Waals surface area contributed by atoms with E-state index in [0.29, 0.717) is 6.61 Å². The summed E-state index contributed by atoms with van der Waals surface area (Å²) in [5, 5.41) is 8.58. The maximum absolute atomic E-state index is 10.4. The molecule has 2 aromatic rings. The van der Waals surface area contributed by atoms with Gasteiger partial charge in [0.05, 0.1) is 19.6 Å². The van der Waals surface area contributed by atoms with E-state index < -0.39 is 5.97 Å². The second kappa shape index (κ2) is 7.46. The Morgan fingerprint density at radius 2 is 1.60 bits per heavy atom. The zero-order valence-corrected chi connectivity index (χ0v) is 11.3. The van der Waals surface area contributed by atoms with E-state index >= 15 is 0 Å². The lowest BCUT2D eigenvalue weighted by Crippen LogP contribution is -2.04. The SMILES string of the molecule is O=C(O)CCOCc1ccccc1Cc1ccccc1. The number of benzene rings is 2. The minimum Gasteiger partial charge on any atom is -0.481 e. The molecule has 0 heterocycles. The van der Waals surface area contributed by atoms with Crippen molar-refractivity contribution in [1.82, 2.24) is 0 Å². The van der Waals surface area contributed by atoms with Crippen molar-refractivity contribution in [2.45, 2.75) is 19.4 Å². The van der Waals surface area contributed by atoms with E-state index in [1.807, 2.05) is 36.4 Å². The Labute approximate surface area is 118 Å². The summed E-state index contributed by atoms with van der Waals surface area (Å²) in [6, 6.07) is 18.4. The molecule has 3 nitrogen and oxygen atoms in total. The highest BCUT2D eigenvalue weighted by Crippen LogP contribution is 2.15. The Bertz CT molecular complexity index is 549. The van der Waals surface area contributed by atoms with Crippen LogP contribution in [-0.4, -0.2) is 17.7 Å². The molecule has 0 aliphatic rings. The first kappa shape index (κ1) is 14.3. The van der Waals surface area contributed by atoms with Gasteiger partial charge in [-0.1, -0.05) is 54.6 Å². The first-order chi connectivity index (χ1) is 9.75. The van der Waals surface area contributed by atoms with Gasteiger partial charge >= 0.3 is 5.97 Å². The quantitative estimate of drug-likeness (QED) is 0.785. The van der Waals surface area contributed by atoms with Crippen LogP contribution in [0.15, 0.2) is 54.6 Å². The average molecular weight is 270 g/mol. The van der Waals surface area contributed by atoms with Crippen molar-refractivity contribution in [2.24, 2.45) is 0 Å². The van der Waals surface area contributed by atoms with Crippen molar-refractivity contribution in [1.29, 1.82) is 0 Å². The molecule has 104 valence electrons. The first-order valence-electron chi connectivity index (χ1n) is 6.66. The fourth-order valence-corrected chi connectivity index (χ4v) is 2.03. The van der Waals surface area contributed by atoms with Gasteiger partial charge in [0.15, 0.2) is 0 Å². The third kappa shape index (κ3) is 4.52. The second-order valence-corrected chi connectivity index (χ2v) is 4.63. The van der Waals surface area contributed by atoms with E-state index in [0.717, 1.165) is 12.0 Å². The van der Waals surface area contributed by atoms with Crippen molar-refractivity contribution in [2.75, 3.05) is 6.61 Å². The predicted molar refractivity (Wildman–Crippen MR) is 77.6 cm³/mol. The summed E-state index contributed by atoms with van der Waals surface area (Å²) < 4.78 is 5.43. The number of rotatable bonds is 7. The van der Waals surface area contributed by atoms with E-state index in [4.69, 9.17) is 9.84 Å². The molecule has 0 spiro atoms. The zero-order valence-electron chi connectivity index (χ0n) is 11.3. The van der Waals surface area contributed by atoms with Gasteiger partial charge in [-0.05, 0) is 23.1 Å². The lowest BCUT2D eigenvalue weighted by Gasteiger charge is -2.10. The Balaban J connectivity index is 1.97. The summed E-state index contributed by atoms with van der Waals surface area (Å²) in [7, 11) is 0. The molecule has 0 aliphatic heterocycles. The third-order valence-electron chi connectivity index (χ3n) is 3.07. The van der Waals surface area contributed by atoms with Gasteiger partial charge in [0.2, 0.25) is 0 Å². The highest BCUT2D eigenvalue weighted by molar-refractivity contribution is 5.66. The lowest BCUT2D eigenvalue weighted by atomic mass is 10.0. The Morgan fingerprint density at radius 1 is 0.950 bits per heavy atom. The number of aliphatic carboxylic acids is 1. The van der Waals surface area contributed by atoms with E-state index in [9.17, 15) is 4.79 Å². The van der Waals surface area contributed by atoms with Crippen LogP contribution >= 0.6 is 0 Å². The molecule has 3 heteroatoms. The van der Waals surface area contributed by atoms with Crippen LogP contribution in [0.2, 0.25) is 0 Å². The molecular formula is C17H18O3. The van der Waals surface area contributed by atoms with E-state index in [-0.39, 0.29) is 13.0 Å². The zero-order chi connectivity index (χ0) is 14.2. The van der Waals surface area contributed by atoms with Gasteiger partial charge in [-0.15, -0.1) is 0 Å². The Hall–Kier alpha value is -2.13. The van der Waals surface area contributed by atoms with Crippen LogP contribution in [-0.2, 0) is 22.6 Å². The van der Waals surface area contributed by atoms with Crippen molar-refractivity contribution in [3.8, 4) is 0 Å². The summed E-state index contributed by atoms with van der Waals surface area (Å²) in [6.07, 6.45) is 0.903. The second-order valence-electron chi connectivity index (χ2n) is 4.63. The molecule has 20 heavy (non-hydrogen) atoms. The summed E-state index contributed by atoms with van der Waals surface area (Å²) in [4.78, 5) is 10.4. The van der Waals surface area contributed by atoms with E-state index in [2.05, 4.69) is 18.2 Å². The lowest BCUT2D eigenvalue weighted by molar-refractivity contribution is -0.138. The van der Waals surface area contributed by atoms with Gasteiger partial charge in [0.25, 0.3) is 0 Å². The van der Waals surface area contributed by atoms with Gasteiger partial charge < -0.3 is 9.84 Å². The van der Waals surface area contributed by atoms with Crippen LogP contribution in [0.1, 0.15) is 23.1 Å². The topological polar surface area (TPSA) is 46.5 Å². The maximum atomic E-state index is 10.4. The van der Waals surface area contributed by atoms with Crippen LogP contribution in [0.25, 0.3) is 0 Å². The fraction of sp³-hybridized carbons (Fsp3) is 0.235. The first-order valence-corrected chi connectivity index (χ1v) is 6.66. The van der Waals surface area contributed by atoms with Crippen LogP contribution in [0, 0.1) is 0 Å². The number of ether oxygens (including phenoxy) is 1. The number of carboxylic acid groups (broad SMARTS) is 1. The summed E-state index contributed by atoms with van der Waals surface area (Å²) in [5.41, 5.74) is 3.58. The van der Waals surface area contributed by atoms with Gasteiger partial charge in [0.1, 0.15) is 0 Å². The minimum absolute atomic E-state index is 0.0425. The van der Waals surface area contributed by atoms with Crippen LogP contribution in [0.4, 0.5) is 0 Å². The Morgan fingerprint density at radius 3 is 2.30 bits per heavy atom. The Kier molecular flexibility index (Phi) is 5.33. The standard InChI is InChI=1S/C17H18O3/c18-17(19)10-11-20-13-16-9-5-4-8-15(16)12-14-6-2-1-3-7-14/h1-9H,10-13H2,(H,18,19). The van der Waals surface area contributed by atoms with Crippen LogP contribution in [0.5, 0.6) is 0 Å². The number of hydrogen-bond donors (Lipinski definition) is 1. The molecule has 0 bridgehead atoms. The highest BCUT2D eigenvalue weighted by Gasteiger charge is 2.04. The molecule has 0 saturated heterocycles. The normalized spacial score (nSPS) is 10.4. The summed E-state index contributed by atoms with van der Waals surface area (Å²) in [6.45, 7) is 0.700. The molecule has 0 radical (unpaired) electrons. The van der Waals surface area contributed by atoms with E-state index in [1.54, 1.807) is 0 Å². The number of hydrogen-bond acceptors (Lipinski definition) is 2. The van der Waals surface area contributed by atoms with Crippen LogP contribution in [0.3, 0.4) is 0 Å². The van der Waals surface area contributed by atoms with Crippen LogP contribution < -0.4 is 0 Å². The molecule has 0 atom stereocenters.